The quantitative estimate of drug-likeness (QED) is 0.525. The topological polar surface area (TPSA) is 93.2 Å². The van der Waals surface area contributed by atoms with Crippen LogP contribution in [0, 0.1) is 0 Å². The van der Waals surface area contributed by atoms with Gasteiger partial charge in [0.2, 0.25) is 5.88 Å². The molecule has 162 valence electrons. The average molecular weight is 439 g/mol. The second-order valence-corrected chi connectivity index (χ2v) is 9.68. The van der Waals surface area contributed by atoms with Gasteiger partial charge in [-0.1, -0.05) is 12.5 Å². The normalized spacial score (nSPS) is 14.1. The Bertz CT molecular complexity index is 1110. The molecule has 0 saturated heterocycles. The number of hydrogen-bond donors (Lipinski definition) is 2. The Morgan fingerprint density at radius 1 is 1.03 bits per heavy atom. The Morgan fingerprint density at radius 3 is 2.42 bits per heavy atom. The molecule has 0 atom stereocenters. The first kappa shape index (κ1) is 21.3. The highest BCUT2D eigenvalue weighted by Crippen LogP contribution is 2.24. The van der Waals surface area contributed by atoms with Crippen molar-refractivity contribution in [1.82, 2.24) is 15.3 Å². The summed E-state index contributed by atoms with van der Waals surface area (Å²) >= 11 is 0. The van der Waals surface area contributed by atoms with Crippen LogP contribution in [-0.4, -0.2) is 43.8 Å². The van der Waals surface area contributed by atoms with E-state index in [0.29, 0.717) is 34.9 Å². The summed E-state index contributed by atoms with van der Waals surface area (Å²) in [4.78, 5) is 8.96. The molecule has 1 aliphatic carbocycles. The van der Waals surface area contributed by atoms with Gasteiger partial charge >= 0.3 is 0 Å². The minimum absolute atomic E-state index is 0.0931. The van der Waals surface area contributed by atoms with Gasteiger partial charge in [-0.05, 0) is 49.2 Å². The maximum Gasteiger partial charge on any atom is 0.212 e. The molecule has 2 aromatic heterocycles. The number of aromatic nitrogens is 2. The molecule has 2 heterocycles. The van der Waals surface area contributed by atoms with Crippen LogP contribution >= 0.6 is 0 Å². The fraction of sp³-hybridized carbons (Fsp3) is 0.304. The van der Waals surface area contributed by atoms with E-state index in [-0.39, 0.29) is 5.75 Å². The van der Waals surface area contributed by atoms with E-state index in [2.05, 4.69) is 20.6 Å². The summed E-state index contributed by atoms with van der Waals surface area (Å²) in [5.41, 5.74) is 2.54. The molecule has 4 rings (SSSR count). The van der Waals surface area contributed by atoms with Crippen molar-refractivity contribution in [2.24, 2.45) is 0 Å². The molecule has 0 radical (unpaired) electrons. The second-order valence-electron chi connectivity index (χ2n) is 7.58. The number of pyridine rings is 2. The lowest BCUT2D eigenvalue weighted by atomic mass is 9.93. The smallest absolute Gasteiger partial charge is 0.212 e. The molecular weight excluding hydrogens is 412 g/mol. The second kappa shape index (κ2) is 9.45. The van der Waals surface area contributed by atoms with Gasteiger partial charge in [0.25, 0.3) is 0 Å². The van der Waals surface area contributed by atoms with Gasteiger partial charge in [-0.25, -0.2) is 18.4 Å². The van der Waals surface area contributed by atoms with Gasteiger partial charge < -0.3 is 15.4 Å². The van der Waals surface area contributed by atoms with E-state index in [4.69, 9.17) is 4.74 Å². The first-order valence-electron chi connectivity index (χ1n) is 10.3. The lowest BCUT2D eigenvalue weighted by Gasteiger charge is -2.26. The third kappa shape index (κ3) is 5.39. The van der Waals surface area contributed by atoms with Gasteiger partial charge in [-0.3, -0.25) is 0 Å². The maximum atomic E-state index is 12.7. The summed E-state index contributed by atoms with van der Waals surface area (Å²) in [7, 11) is -1.76. The van der Waals surface area contributed by atoms with Gasteiger partial charge in [0.05, 0.1) is 17.8 Å². The van der Waals surface area contributed by atoms with E-state index in [1.807, 2.05) is 24.3 Å². The molecule has 0 bridgehead atoms. The molecule has 1 saturated carbocycles. The van der Waals surface area contributed by atoms with Gasteiger partial charge in [0, 0.05) is 47.9 Å². The molecule has 1 aliphatic rings. The van der Waals surface area contributed by atoms with E-state index >= 15 is 0 Å². The molecule has 0 spiro atoms. The van der Waals surface area contributed by atoms with Crippen LogP contribution in [0.1, 0.15) is 19.3 Å². The number of rotatable bonds is 9. The highest BCUT2D eigenvalue weighted by Gasteiger charge is 2.19. The lowest BCUT2D eigenvalue weighted by molar-refractivity contribution is 0.346. The molecule has 1 aromatic carbocycles. The van der Waals surface area contributed by atoms with Crippen LogP contribution < -0.4 is 15.4 Å². The summed E-state index contributed by atoms with van der Waals surface area (Å²) < 4.78 is 30.4. The monoisotopic (exact) mass is 438 g/mol. The van der Waals surface area contributed by atoms with Gasteiger partial charge in [-0.2, -0.15) is 0 Å². The van der Waals surface area contributed by atoms with Gasteiger partial charge in [0.15, 0.2) is 9.84 Å². The van der Waals surface area contributed by atoms with Gasteiger partial charge in [-0.15, -0.1) is 0 Å². The molecular formula is C23H26N4O3S. The number of hydrogen-bond acceptors (Lipinski definition) is 7. The summed E-state index contributed by atoms with van der Waals surface area (Å²) in [6.45, 7) is 0.480. The van der Waals surface area contributed by atoms with Crippen molar-refractivity contribution in [3.8, 4) is 17.0 Å². The summed E-state index contributed by atoms with van der Waals surface area (Å²) in [6.07, 6.45) is 6.99. The Morgan fingerprint density at radius 2 is 1.81 bits per heavy atom. The molecule has 2 N–H and O–H groups in total. The van der Waals surface area contributed by atoms with Crippen molar-refractivity contribution in [2.75, 3.05) is 24.7 Å². The molecule has 8 heteroatoms. The summed E-state index contributed by atoms with van der Waals surface area (Å²) in [6, 6.07) is 14.8. The third-order valence-corrected chi connectivity index (χ3v) is 7.13. The molecule has 1 fully saturated rings. The Kier molecular flexibility index (Phi) is 6.48. The van der Waals surface area contributed by atoms with E-state index in [0.717, 1.165) is 24.0 Å². The number of sulfone groups is 1. The van der Waals surface area contributed by atoms with E-state index in [1.54, 1.807) is 43.8 Å². The molecule has 7 nitrogen and oxygen atoms in total. The van der Waals surface area contributed by atoms with Crippen LogP contribution in [-0.2, 0) is 9.84 Å². The Hall–Kier alpha value is -2.97. The summed E-state index contributed by atoms with van der Waals surface area (Å²) in [5.74, 6) is 1.28. The fourth-order valence-corrected chi connectivity index (χ4v) is 4.57. The lowest BCUT2D eigenvalue weighted by Crippen LogP contribution is -2.37. The number of ether oxygens (including phenoxy) is 1. The molecule has 31 heavy (non-hydrogen) atoms. The van der Waals surface area contributed by atoms with E-state index < -0.39 is 9.84 Å². The first-order valence-corrected chi connectivity index (χ1v) is 12.0. The molecule has 0 unspecified atom stereocenters. The van der Waals surface area contributed by atoms with Crippen LogP contribution in [0.3, 0.4) is 0 Å². The van der Waals surface area contributed by atoms with Crippen molar-refractivity contribution in [3.63, 3.8) is 0 Å². The predicted octanol–water partition coefficient (Wildman–Crippen LogP) is 3.81. The largest absolute Gasteiger partial charge is 0.481 e. The molecule has 0 aliphatic heterocycles. The van der Waals surface area contributed by atoms with E-state index in [1.165, 1.54) is 6.42 Å². The zero-order chi connectivity index (χ0) is 21.7. The number of nitrogens with one attached hydrogen (secondary N) is 2. The zero-order valence-electron chi connectivity index (χ0n) is 17.4. The number of methoxy groups -OCH3 is 1. The van der Waals surface area contributed by atoms with Crippen molar-refractivity contribution in [2.45, 2.75) is 30.2 Å². The molecule has 3 aromatic rings. The highest BCUT2D eigenvalue weighted by molar-refractivity contribution is 7.91. The van der Waals surface area contributed by atoms with Crippen molar-refractivity contribution in [1.29, 1.82) is 0 Å². The van der Waals surface area contributed by atoms with Crippen LogP contribution in [0.25, 0.3) is 11.1 Å². The Balaban J connectivity index is 1.40. The predicted molar refractivity (Wildman–Crippen MR) is 121 cm³/mol. The zero-order valence-corrected chi connectivity index (χ0v) is 18.2. The highest BCUT2D eigenvalue weighted by atomic mass is 32.2. The number of anilines is 2. The van der Waals surface area contributed by atoms with Crippen molar-refractivity contribution >= 4 is 21.3 Å². The van der Waals surface area contributed by atoms with Crippen LogP contribution in [0.2, 0.25) is 0 Å². The standard InChI is InChI=1S/C23H26N4O3S/c1-30-23-11-9-18(16-26-23)17-8-10-22(25-15-17)27-20-6-3-7-21(14-20)31(28,29)13-12-24-19-4-2-5-19/h3,6-11,14-16,19,24H,2,4-5,12-13H2,1H3,(H,25,27). The third-order valence-electron chi connectivity index (χ3n) is 5.42. The SMILES string of the molecule is COc1ccc(-c2ccc(Nc3cccc(S(=O)(=O)CCNC4CCC4)c3)nc2)cn1. The number of nitrogens with zero attached hydrogens (tertiary/aromatic N) is 2. The van der Waals surface area contributed by atoms with Crippen LogP contribution in [0.5, 0.6) is 5.88 Å². The van der Waals surface area contributed by atoms with Crippen molar-refractivity contribution < 1.29 is 13.2 Å². The minimum Gasteiger partial charge on any atom is -0.481 e. The molecule has 0 amide bonds. The fourth-order valence-electron chi connectivity index (χ4n) is 3.35. The van der Waals surface area contributed by atoms with Crippen molar-refractivity contribution in [3.05, 3.63) is 60.9 Å². The summed E-state index contributed by atoms with van der Waals surface area (Å²) in [5, 5.41) is 6.49. The Labute approximate surface area is 182 Å². The number of benzene rings is 1. The maximum absolute atomic E-state index is 12.7. The van der Waals surface area contributed by atoms with Crippen LogP contribution in [0.4, 0.5) is 11.5 Å². The van der Waals surface area contributed by atoms with Crippen LogP contribution in [0.15, 0.2) is 65.8 Å². The van der Waals surface area contributed by atoms with Gasteiger partial charge in [0.1, 0.15) is 5.82 Å². The minimum atomic E-state index is -3.34. The average Bonchev–Trinajstić information content (AvgIpc) is 2.76. The van der Waals surface area contributed by atoms with E-state index in [9.17, 15) is 8.42 Å². The first-order chi connectivity index (χ1) is 15.0.